The molecule has 0 spiro atoms. The lowest BCUT2D eigenvalue weighted by Gasteiger charge is -2.11. The van der Waals surface area contributed by atoms with E-state index in [2.05, 4.69) is 5.32 Å². The third-order valence-electron chi connectivity index (χ3n) is 3.20. The Hall–Kier alpha value is -1.69. The lowest BCUT2D eigenvalue weighted by molar-refractivity contribution is -0.385. The van der Waals surface area contributed by atoms with E-state index in [0.717, 1.165) is 25.3 Å². The van der Waals surface area contributed by atoms with Crippen molar-refractivity contribution in [1.29, 1.82) is 0 Å². The molecule has 5 nitrogen and oxygen atoms in total. The Morgan fingerprint density at radius 2 is 2.22 bits per heavy atom. The summed E-state index contributed by atoms with van der Waals surface area (Å²) in [4.78, 5) is 9.97. The van der Waals surface area contributed by atoms with E-state index in [1.165, 1.54) is 12.1 Å². The first kappa shape index (κ1) is 12.8. The minimum Gasteiger partial charge on any atom is -0.393 e. The van der Waals surface area contributed by atoms with E-state index in [1.54, 1.807) is 0 Å². The Morgan fingerprint density at radius 1 is 1.44 bits per heavy atom. The fraction of sp³-hybridized carbons (Fsp3) is 0.500. The SMILES string of the molecule is O=[N+]([O-])c1cc(F)cc(NCC2CCC(O)C2)c1. The van der Waals surface area contributed by atoms with Crippen molar-refractivity contribution in [2.24, 2.45) is 5.92 Å². The van der Waals surface area contributed by atoms with Crippen LogP contribution in [-0.4, -0.2) is 22.7 Å². The number of anilines is 1. The van der Waals surface area contributed by atoms with Crippen LogP contribution in [0.15, 0.2) is 18.2 Å². The van der Waals surface area contributed by atoms with Gasteiger partial charge in [0.15, 0.2) is 0 Å². The molecule has 2 unspecified atom stereocenters. The van der Waals surface area contributed by atoms with Crippen LogP contribution in [0.1, 0.15) is 19.3 Å². The first-order valence-corrected chi connectivity index (χ1v) is 5.91. The van der Waals surface area contributed by atoms with Crippen LogP contribution in [-0.2, 0) is 0 Å². The molecular weight excluding hydrogens is 239 g/mol. The Balaban J connectivity index is 1.98. The Kier molecular flexibility index (Phi) is 3.76. The molecule has 2 rings (SSSR count). The molecule has 1 aromatic carbocycles. The fourth-order valence-corrected chi connectivity index (χ4v) is 2.28. The topological polar surface area (TPSA) is 75.4 Å². The average molecular weight is 254 g/mol. The van der Waals surface area contributed by atoms with Gasteiger partial charge in [0.1, 0.15) is 5.82 Å². The summed E-state index contributed by atoms with van der Waals surface area (Å²) in [5.74, 6) is -0.291. The number of benzene rings is 1. The molecule has 0 bridgehead atoms. The molecule has 1 aromatic rings. The van der Waals surface area contributed by atoms with Crippen molar-refractivity contribution >= 4 is 11.4 Å². The van der Waals surface area contributed by atoms with E-state index in [0.29, 0.717) is 18.2 Å². The number of nitrogens with one attached hydrogen (secondary N) is 1. The van der Waals surface area contributed by atoms with Crippen LogP contribution < -0.4 is 5.32 Å². The molecule has 2 atom stereocenters. The van der Waals surface area contributed by atoms with Crippen molar-refractivity contribution in [3.05, 3.63) is 34.1 Å². The Morgan fingerprint density at radius 3 is 2.83 bits per heavy atom. The van der Waals surface area contributed by atoms with Crippen LogP contribution in [0, 0.1) is 21.8 Å². The zero-order valence-electron chi connectivity index (χ0n) is 9.80. The molecule has 6 heteroatoms. The van der Waals surface area contributed by atoms with Crippen LogP contribution in [0.5, 0.6) is 0 Å². The van der Waals surface area contributed by atoms with Gasteiger partial charge in [-0.2, -0.15) is 0 Å². The minimum atomic E-state index is -0.627. The lowest BCUT2D eigenvalue weighted by Crippen LogP contribution is -2.12. The maximum atomic E-state index is 13.2. The number of aliphatic hydroxyl groups excluding tert-OH is 1. The van der Waals surface area contributed by atoms with Crippen molar-refractivity contribution in [2.75, 3.05) is 11.9 Å². The first-order valence-electron chi connectivity index (χ1n) is 5.91. The van der Waals surface area contributed by atoms with Gasteiger partial charge in [0, 0.05) is 18.3 Å². The Bertz CT molecular complexity index is 453. The van der Waals surface area contributed by atoms with Crippen molar-refractivity contribution in [2.45, 2.75) is 25.4 Å². The highest BCUT2D eigenvalue weighted by Gasteiger charge is 2.22. The van der Waals surface area contributed by atoms with Crippen LogP contribution in [0.4, 0.5) is 15.8 Å². The molecule has 1 aliphatic carbocycles. The van der Waals surface area contributed by atoms with Gasteiger partial charge in [-0.3, -0.25) is 10.1 Å². The Labute approximate surface area is 104 Å². The highest BCUT2D eigenvalue weighted by Crippen LogP contribution is 2.26. The average Bonchev–Trinajstić information content (AvgIpc) is 2.72. The van der Waals surface area contributed by atoms with E-state index in [1.807, 2.05) is 0 Å². The third kappa shape index (κ3) is 3.16. The monoisotopic (exact) mass is 254 g/mol. The minimum absolute atomic E-state index is 0.251. The van der Waals surface area contributed by atoms with Gasteiger partial charge in [-0.1, -0.05) is 0 Å². The highest BCUT2D eigenvalue weighted by molar-refractivity contribution is 5.51. The zero-order chi connectivity index (χ0) is 13.1. The van der Waals surface area contributed by atoms with Gasteiger partial charge in [0.25, 0.3) is 5.69 Å². The largest absolute Gasteiger partial charge is 0.393 e. The summed E-state index contributed by atoms with van der Waals surface area (Å²) in [5, 5.41) is 23.0. The summed E-state index contributed by atoms with van der Waals surface area (Å²) in [7, 11) is 0. The van der Waals surface area contributed by atoms with Gasteiger partial charge in [0.2, 0.25) is 0 Å². The van der Waals surface area contributed by atoms with Gasteiger partial charge in [-0.25, -0.2) is 4.39 Å². The zero-order valence-corrected chi connectivity index (χ0v) is 9.80. The summed E-state index contributed by atoms with van der Waals surface area (Å²) >= 11 is 0. The number of non-ortho nitro benzene ring substituents is 1. The summed E-state index contributed by atoms with van der Waals surface area (Å²) < 4.78 is 13.2. The normalized spacial score (nSPS) is 23.0. The van der Waals surface area contributed by atoms with E-state index in [4.69, 9.17) is 0 Å². The number of hydrogen-bond acceptors (Lipinski definition) is 4. The summed E-state index contributed by atoms with van der Waals surface area (Å²) in [6.45, 7) is 0.595. The van der Waals surface area contributed by atoms with Crippen molar-refractivity contribution in [1.82, 2.24) is 0 Å². The number of nitro groups is 1. The summed E-state index contributed by atoms with van der Waals surface area (Å²) in [6.07, 6.45) is 2.18. The second-order valence-corrected chi connectivity index (χ2v) is 4.67. The molecule has 2 N–H and O–H groups in total. The quantitative estimate of drug-likeness (QED) is 0.638. The van der Waals surface area contributed by atoms with Gasteiger partial charge >= 0.3 is 0 Å². The fourth-order valence-electron chi connectivity index (χ4n) is 2.28. The van der Waals surface area contributed by atoms with Gasteiger partial charge in [-0.05, 0) is 31.2 Å². The van der Waals surface area contributed by atoms with Gasteiger partial charge in [-0.15, -0.1) is 0 Å². The molecule has 0 heterocycles. The predicted octanol–water partition coefficient (Wildman–Crippen LogP) is 2.31. The van der Waals surface area contributed by atoms with Crippen molar-refractivity contribution in [3.63, 3.8) is 0 Å². The molecular formula is C12H15FN2O3. The molecule has 0 aromatic heterocycles. The molecule has 98 valence electrons. The maximum absolute atomic E-state index is 13.2. The lowest BCUT2D eigenvalue weighted by atomic mass is 10.1. The van der Waals surface area contributed by atoms with Crippen molar-refractivity contribution in [3.8, 4) is 0 Å². The van der Waals surface area contributed by atoms with E-state index in [9.17, 15) is 19.6 Å². The van der Waals surface area contributed by atoms with Crippen LogP contribution in [0.25, 0.3) is 0 Å². The molecule has 0 amide bonds. The third-order valence-corrected chi connectivity index (χ3v) is 3.20. The molecule has 0 saturated heterocycles. The molecule has 1 fully saturated rings. The standard InChI is InChI=1S/C12H15FN2O3/c13-9-4-10(6-11(5-9)15(17)18)14-7-8-1-2-12(16)3-8/h4-6,8,12,14,16H,1-3,7H2. The number of aliphatic hydroxyl groups is 1. The van der Waals surface area contributed by atoms with Crippen molar-refractivity contribution < 1.29 is 14.4 Å². The predicted molar refractivity (Wildman–Crippen MR) is 64.9 cm³/mol. The van der Waals surface area contributed by atoms with Crippen LogP contribution in [0.3, 0.4) is 0 Å². The second kappa shape index (κ2) is 5.30. The first-order chi connectivity index (χ1) is 8.54. The number of nitro benzene ring substituents is 1. The van der Waals surface area contributed by atoms with E-state index >= 15 is 0 Å². The molecule has 1 aliphatic rings. The van der Waals surface area contributed by atoms with E-state index < -0.39 is 10.7 Å². The van der Waals surface area contributed by atoms with Gasteiger partial charge < -0.3 is 10.4 Å². The molecule has 0 radical (unpaired) electrons. The molecule has 1 saturated carbocycles. The molecule has 18 heavy (non-hydrogen) atoms. The second-order valence-electron chi connectivity index (χ2n) is 4.67. The number of rotatable bonds is 4. The van der Waals surface area contributed by atoms with E-state index in [-0.39, 0.29) is 11.8 Å². The van der Waals surface area contributed by atoms with Crippen LogP contribution >= 0.6 is 0 Å². The number of nitrogens with zero attached hydrogens (tertiary/aromatic N) is 1. The highest BCUT2D eigenvalue weighted by atomic mass is 19.1. The molecule has 0 aliphatic heterocycles. The maximum Gasteiger partial charge on any atom is 0.274 e. The smallest absolute Gasteiger partial charge is 0.274 e. The number of halogens is 1. The summed E-state index contributed by atoms with van der Waals surface area (Å²) in [5.41, 5.74) is 0.145. The van der Waals surface area contributed by atoms with Gasteiger partial charge in [0.05, 0.1) is 17.1 Å². The summed E-state index contributed by atoms with van der Waals surface area (Å²) in [6, 6.07) is 3.44. The van der Waals surface area contributed by atoms with Crippen LogP contribution in [0.2, 0.25) is 0 Å². The number of hydrogen-bond donors (Lipinski definition) is 2.